The van der Waals surface area contributed by atoms with Crippen molar-refractivity contribution in [2.75, 3.05) is 0 Å². The Balaban J connectivity index is 0.00000280. The Morgan fingerprint density at radius 3 is 2.21 bits per heavy atom. The second kappa shape index (κ2) is 8.31. The second-order valence-corrected chi connectivity index (χ2v) is 5.79. The fourth-order valence-corrected chi connectivity index (χ4v) is 2.65. The van der Waals surface area contributed by atoms with E-state index in [0.29, 0.717) is 11.1 Å². The van der Waals surface area contributed by atoms with E-state index in [1.807, 2.05) is 0 Å². The smallest absolute Gasteiger partial charge is 0.416 e. The quantitative estimate of drug-likeness (QED) is 0.577. The van der Waals surface area contributed by atoms with Crippen LogP contribution in [0.4, 0.5) is 13.2 Å². The minimum absolute atomic E-state index is 0. The molecule has 0 saturated heterocycles. The third-order valence-electron chi connectivity index (χ3n) is 4.00. The van der Waals surface area contributed by atoms with Gasteiger partial charge < -0.3 is 9.52 Å². The highest BCUT2D eigenvalue weighted by Crippen LogP contribution is 2.35. The number of carboxylic acids is 1. The zero-order chi connectivity index (χ0) is 19.6. The number of pyridine rings is 1. The van der Waals surface area contributed by atoms with Crippen LogP contribution < -0.4 is 0 Å². The number of carbonyl (C=O) groups is 1. The third-order valence-corrected chi connectivity index (χ3v) is 4.00. The van der Waals surface area contributed by atoms with Crippen LogP contribution in [0, 0.1) is 6.92 Å². The fraction of sp³-hybridized carbons (Fsp3) is 0.100. The Morgan fingerprint density at radius 2 is 1.68 bits per heavy atom. The summed E-state index contributed by atoms with van der Waals surface area (Å²) < 4.78 is 43.8. The predicted molar refractivity (Wildman–Crippen MR) is 101 cm³/mol. The molecule has 0 atom stereocenters. The number of aromatic carboxylic acids is 1. The van der Waals surface area contributed by atoms with Gasteiger partial charge in [0, 0.05) is 23.5 Å². The fourth-order valence-electron chi connectivity index (χ4n) is 2.65. The van der Waals surface area contributed by atoms with Gasteiger partial charge in [0.1, 0.15) is 17.1 Å². The number of alkyl halides is 3. The molecule has 0 fully saturated rings. The van der Waals surface area contributed by atoms with Crippen LogP contribution in [0.3, 0.4) is 0 Å². The zero-order valence-corrected chi connectivity index (χ0v) is 15.3. The van der Waals surface area contributed by atoms with Gasteiger partial charge in [0.25, 0.3) is 0 Å². The van der Waals surface area contributed by atoms with Crippen LogP contribution >= 0.6 is 12.4 Å². The number of carboxylic acid groups (broad SMARTS) is 1. The molecule has 0 aliphatic rings. The molecule has 28 heavy (non-hydrogen) atoms. The number of halogens is 4. The van der Waals surface area contributed by atoms with Gasteiger partial charge in [-0.3, -0.25) is 4.98 Å². The number of furan rings is 1. The number of aromatic nitrogens is 1. The summed E-state index contributed by atoms with van der Waals surface area (Å²) in [6, 6.07) is 7.87. The van der Waals surface area contributed by atoms with Gasteiger partial charge in [0.05, 0.1) is 5.56 Å². The van der Waals surface area contributed by atoms with Crippen molar-refractivity contribution in [2.45, 2.75) is 13.1 Å². The van der Waals surface area contributed by atoms with Gasteiger partial charge in [-0.05, 0) is 42.8 Å². The van der Waals surface area contributed by atoms with Gasteiger partial charge in [-0.25, -0.2) is 4.79 Å². The van der Waals surface area contributed by atoms with Crippen molar-refractivity contribution >= 4 is 30.5 Å². The van der Waals surface area contributed by atoms with Crippen LogP contribution in [-0.4, -0.2) is 16.1 Å². The molecule has 3 aromatic rings. The first-order chi connectivity index (χ1) is 12.8. The minimum Gasteiger partial charge on any atom is -0.478 e. The molecule has 0 aliphatic carbocycles. The van der Waals surface area contributed by atoms with Crippen LogP contribution in [0.1, 0.15) is 32.8 Å². The lowest BCUT2D eigenvalue weighted by Crippen LogP contribution is -2.04. The van der Waals surface area contributed by atoms with Gasteiger partial charge >= 0.3 is 12.1 Å². The monoisotopic (exact) mass is 409 g/mol. The molecular weight excluding hydrogens is 395 g/mol. The van der Waals surface area contributed by atoms with E-state index in [1.54, 1.807) is 37.5 Å². The van der Waals surface area contributed by atoms with Crippen LogP contribution in [-0.2, 0) is 6.18 Å². The van der Waals surface area contributed by atoms with Crippen molar-refractivity contribution in [1.82, 2.24) is 4.98 Å². The van der Waals surface area contributed by atoms with E-state index in [-0.39, 0.29) is 29.5 Å². The number of nitrogens with zero attached hydrogens (tertiary/aromatic N) is 1. The molecule has 1 N–H and O–H groups in total. The van der Waals surface area contributed by atoms with E-state index < -0.39 is 17.7 Å². The Morgan fingerprint density at radius 1 is 1.07 bits per heavy atom. The van der Waals surface area contributed by atoms with Crippen LogP contribution in [0.25, 0.3) is 23.5 Å². The molecule has 0 saturated carbocycles. The molecular formula is C20H15ClF3NO3. The van der Waals surface area contributed by atoms with Gasteiger partial charge in [0.2, 0.25) is 0 Å². The molecule has 0 unspecified atom stereocenters. The van der Waals surface area contributed by atoms with Gasteiger partial charge in [-0.1, -0.05) is 18.2 Å². The Bertz CT molecular complexity index is 994. The summed E-state index contributed by atoms with van der Waals surface area (Å²) in [5, 5.41) is 9.50. The average Bonchev–Trinajstić information content (AvgIpc) is 2.97. The van der Waals surface area contributed by atoms with Gasteiger partial charge in [-0.2, -0.15) is 13.2 Å². The van der Waals surface area contributed by atoms with Crippen LogP contribution in [0.15, 0.2) is 53.2 Å². The molecule has 0 aliphatic heterocycles. The molecule has 1 aromatic carbocycles. The lowest BCUT2D eigenvalue weighted by atomic mass is 10.0. The van der Waals surface area contributed by atoms with E-state index in [1.165, 1.54) is 18.2 Å². The Labute approximate surface area is 164 Å². The van der Waals surface area contributed by atoms with E-state index in [4.69, 9.17) is 4.42 Å². The summed E-state index contributed by atoms with van der Waals surface area (Å²) in [7, 11) is 0. The Kier molecular flexibility index (Phi) is 6.30. The summed E-state index contributed by atoms with van der Waals surface area (Å²) in [5.41, 5.74) is 0.691. The average molecular weight is 410 g/mol. The third kappa shape index (κ3) is 4.43. The maximum absolute atomic E-state index is 12.7. The maximum Gasteiger partial charge on any atom is 0.416 e. The van der Waals surface area contributed by atoms with Crippen LogP contribution in [0.5, 0.6) is 0 Å². The van der Waals surface area contributed by atoms with E-state index in [2.05, 4.69) is 4.98 Å². The van der Waals surface area contributed by atoms with Crippen molar-refractivity contribution in [3.05, 3.63) is 76.8 Å². The molecule has 0 bridgehead atoms. The lowest BCUT2D eigenvalue weighted by molar-refractivity contribution is -0.137. The maximum atomic E-state index is 12.7. The molecule has 2 heterocycles. The summed E-state index contributed by atoms with van der Waals surface area (Å²) in [4.78, 5) is 15.5. The molecule has 3 rings (SSSR count). The first-order valence-electron chi connectivity index (χ1n) is 7.90. The highest BCUT2D eigenvalue weighted by Gasteiger charge is 2.30. The van der Waals surface area contributed by atoms with Crippen molar-refractivity contribution < 1.29 is 27.5 Å². The molecule has 0 radical (unpaired) electrons. The SMILES string of the molecule is Cc1c(-c2ccc(C(F)(F)F)cc2)oc(C=Cc2ccncc2)c1C(=O)O.Cl. The molecule has 0 amide bonds. The minimum atomic E-state index is -4.44. The molecule has 2 aromatic heterocycles. The van der Waals surface area contributed by atoms with E-state index in [0.717, 1.165) is 17.7 Å². The topological polar surface area (TPSA) is 63.3 Å². The Hall–Kier alpha value is -3.06. The summed E-state index contributed by atoms with van der Waals surface area (Å²) in [6.45, 7) is 1.56. The van der Waals surface area contributed by atoms with E-state index in [9.17, 15) is 23.1 Å². The van der Waals surface area contributed by atoms with Gasteiger partial charge in [-0.15, -0.1) is 12.4 Å². The lowest BCUT2D eigenvalue weighted by Gasteiger charge is -2.07. The molecule has 146 valence electrons. The van der Waals surface area contributed by atoms with Crippen molar-refractivity contribution in [3.63, 3.8) is 0 Å². The van der Waals surface area contributed by atoms with E-state index >= 15 is 0 Å². The molecule has 0 spiro atoms. The van der Waals surface area contributed by atoms with Crippen LogP contribution in [0.2, 0.25) is 0 Å². The normalized spacial score (nSPS) is 11.4. The van der Waals surface area contributed by atoms with Gasteiger partial charge in [0.15, 0.2) is 0 Å². The number of hydrogen-bond acceptors (Lipinski definition) is 3. The standard InChI is InChI=1S/C20H14F3NO3.ClH/c1-12-17(19(25)26)16(7-2-13-8-10-24-11-9-13)27-18(12)14-3-5-15(6-4-14)20(21,22)23;/h2-11H,1H3,(H,25,26);1H. The largest absolute Gasteiger partial charge is 0.478 e. The number of benzene rings is 1. The molecule has 8 heteroatoms. The van der Waals surface area contributed by atoms with Crippen molar-refractivity contribution in [1.29, 1.82) is 0 Å². The first-order valence-corrected chi connectivity index (χ1v) is 7.90. The number of hydrogen-bond donors (Lipinski definition) is 1. The number of rotatable bonds is 4. The summed E-state index contributed by atoms with van der Waals surface area (Å²) in [6.07, 6.45) is 1.93. The molecule has 4 nitrogen and oxygen atoms in total. The summed E-state index contributed by atoms with van der Waals surface area (Å²) in [5.74, 6) is -0.842. The zero-order valence-electron chi connectivity index (χ0n) is 14.5. The first kappa shape index (κ1) is 21.2. The highest BCUT2D eigenvalue weighted by atomic mass is 35.5. The van der Waals surface area contributed by atoms with Crippen molar-refractivity contribution in [3.8, 4) is 11.3 Å². The summed E-state index contributed by atoms with van der Waals surface area (Å²) >= 11 is 0. The predicted octanol–water partition coefficient (Wildman–Crippen LogP) is 5.96. The van der Waals surface area contributed by atoms with Crippen molar-refractivity contribution in [2.24, 2.45) is 0 Å². The highest BCUT2D eigenvalue weighted by molar-refractivity contribution is 5.96. The second-order valence-electron chi connectivity index (χ2n) is 5.79.